The van der Waals surface area contributed by atoms with Crippen LogP contribution in [-0.2, 0) is 0 Å². The molecule has 3 heterocycles. The summed E-state index contributed by atoms with van der Waals surface area (Å²) in [5.41, 5.74) is 1.19. The number of ether oxygens (including phenoxy) is 2. The van der Waals surface area contributed by atoms with Gasteiger partial charge in [0.05, 0.1) is 12.1 Å². The molecule has 27 heavy (non-hydrogen) atoms. The van der Waals surface area contributed by atoms with Crippen LogP contribution < -0.4 is 9.47 Å². The highest BCUT2D eigenvalue weighted by Crippen LogP contribution is 2.39. The minimum atomic E-state index is 0.0664. The predicted octanol–water partition coefficient (Wildman–Crippen LogP) is 3.48. The van der Waals surface area contributed by atoms with Gasteiger partial charge in [-0.25, -0.2) is 4.68 Å². The second-order valence-electron chi connectivity index (χ2n) is 7.89. The molecule has 1 aromatic carbocycles. The van der Waals surface area contributed by atoms with Gasteiger partial charge in [-0.2, -0.15) is 0 Å². The molecule has 0 amide bonds. The molecule has 1 saturated carbocycles. The highest BCUT2D eigenvalue weighted by molar-refractivity contribution is 5.46. The van der Waals surface area contributed by atoms with Gasteiger partial charge in [0.15, 0.2) is 17.3 Å². The molecule has 5 rings (SSSR count). The predicted molar refractivity (Wildman–Crippen MR) is 99.8 cm³/mol. The van der Waals surface area contributed by atoms with Gasteiger partial charge in [-0.15, -0.1) is 5.10 Å². The lowest BCUT2D eigenvalue weighted by Gasteiger charge is -2.35. The third-order valence-corrected chi connectivity index (χ3v) is 6.15. The number of piperidine rings is 1. The monoisotopic (exact) mass is 369 g/mol. The first-order valence-electron chi connectivity index (χ1n) is 10.3. The zero-order valence-corrected chi connectivity index (χ0v) is 15.7. The van der Waals surface area contributed by atoms with Gasteiger partial charge in [0.1, 0.15) is 0 Å². The topological polar surface area (TPSA) is 65.3 Å². The van der Waals surface area contributed by atoms with Gasteiger partial charge in [0.2, 0.25) is 6.79 Å². The maximum Gasteiger partial charge on any atom is 0.231 e. The van der Waals surface area contributed by atoms with Gasteiger partial charge in [-0.05, 0) is 66.9 Å². The van der Waals surface area contributed by atoms with E-state index in [2.05, 4.69) is 37.2 Å². The van der Waals surface area contributed by atoms with E-state index in [0.29, 0.717) is 12.8 Å². The normalized spacial score (nSPS) is 22.1. The number of likely N-dealkylation sites (tertiary alicyclic amines) is 1. The molecule has 7 nitrogen and oxygen atoms in total. The van der Waals surface area contributed by atoms with Crippen LogP contribution >= 0.6 is 0 Å². The molecule has 0 unspecified atom stereocenters. The lowest BCUT2D eigenvalue weighted by Crippen LogP contribution is -2.36. The zero-order chi connectivity index (χ0) is 18.1. The Morgan fingerprint density at radius 3 is 2.56 bits per heavy atom. The molecule has 0 radical (unpaired) electrons. The summed E-state index contributed by atoms with van der Waals surface area (Å²) in [6.45, 7) is 2.46. The van der Waals surface area contributed by atoms with E-state index in [-0.39, 0.29) is 6.04 Å². The summed E-state index contributed by atoms with van der Waals surface area (Å²) < 4.78 is 13.3. The molecule has 0 N–H and O–H groups in total. The molecule has 1 saturated heterocycles. The van der Waals surface area contributed by atoms with Crippen molar-refractivity contribution in [3.8, 4) is 11.5 Å². The molecule has 0 spiro atoms. The van der Waals surface area contributed by atoms with E-state index in [0.717, 1.165) is 30.4 Å². The van der Waals surface area contributed by atoms with Crippen LogP contribution in [0.15, 0.2) is 18.2 Å². The Kier molecular flexibility index (Phi) is 4.69. The molecule has 7 heteroatoms. The summed E-state index contributed by atoms with van der Waals surface area (Å²) in [6.07, 6.45) is 9.96. The Hall–Kier alpha value is -2.15. The average molecular weight is 369 g/mol. The second-order valence-corrected chi connectivity index (χ2v) is 7.89. The SMILES string of the molecule is c1cc2c(cc1[C@H](c1nnnn1C1CCCCC1)N1CCCCC1)OCO2. The Bertz CT molecular complexity index is 780. The Balaban J connectivity index is 1.53. The summed E-state index contributed by atoms with van der Waals surface area (Å²) in [5, 5.41) is 13.0. The molecular formula is C20H27N5O2. The fraction of sp³-hybridized carbons (Fsp3) is 0.650. The Morgan fingerprint density at radius 2 is 1.70 bits per heavy atom. The van der Waals surface area contributed by atoms with Crippen molar-refractivity contribution in [2.45, 2.75) is 63.5 Å². The Morgan fingerprint density at radius 1 is 0.926 bits per heavy atom. The maximum atomic E-state index is 5.64. The number of aromatic nitrogens is 4. The molecule has 3 aliphatic rings. The average Bonchev–Trinajstić information content (AvgIpc) is 3.39. The van der Waals surface area contributed by atoms with Crippen LogP contribution in [0.5, 0.6) is 11.5 Å². The molecule has 2 aliphatic heterocycles. The summed E-state index contributed by atoms with van der Waals surface area (Å²) in [7, 11) is 0. The molecule has 144 valence electrons. The van der Waals surface area contributed by atoms with Crippen LogP contribution in [0.2, 0.25) is 0 Å². The molecular weight excluding hydrogens is 342 g/mol. The van der Waals surface area contributed by atoms with Crippen molar-refractivity contribution in [3.05, 3.63) is 29.6 Å². The van der Waals surface area contributed by atoms with E-state index in [1.54, 1.807) is 0 Å². The van der Waals surface area contributed by atoms with Crippen molar-refractivity contribution >= 4 is 0 Å². The van der Waals surface area contributed by atoms with Crippen LogP contribution in [-0.4, -0.2) is 45.0 Å². The highest BCUT2D eigenvalue weighted by Gasteiger charge is 2.32. The zero-order valence-electron chi connectivity index (χ0n) is 15.7. The van der Waals surface area contributed by atoms with Gasteiger partial charge in [-0.1, -0.05) is 31.7 Å². The standard InChI is InChI=1S/C20H27N5O2/c1-3-7-16(8-4-1)25-20(21-22-23-25)19(24-11-5-2-6-12-24)15-9-10-17-18(13-15)27-14-26-17/h9-10,13,16,19H,1-8,11-12,14H2/t19-/m1/s1. The molecule has 1 aliphatic carbocycles. The van der Waals surface area contributed by atoms with Crippen LogP contribution in [0.1, 0.15) is 74.8 Å². The number of rotatable bonds is 4. The summed E-state index contributed by atoms with van der Waals surface area (Å²) in [4.78, 5) is 2.53. The summed E-state index contributed by atoms with van der Waals surface area (Å²) in [6, 6.07) is 6.76. The van der Waals surface area contributed by atoms with Crippen molar-refractivity contribution in [2.75, 3.05) is 19.9 Å². The third-order valence-electron chi connectivity index (χ3n) is 6.15. The van der Waals surface area contributed by atoms with Crippen molar-refractivity contribution in [2.24, 2.45) is 0 Å². The first-order valence-corrected chi connectivity index (χ1v) is 10.3. The van der Waals surface area contributed by atoms with Gasteiger partial charge >= 0.3 is 0 Å². The lowest BCUT2D eigenvalue weighted by molar-refractivity contribution is 0.170. The van der Waals surface area contributed by atoms with E-state index < -0.39 is 0 Å². The smallest absolute Gasteiger partial charge is 0.231 e. The van der Waals surface area contributed by atoms with Crippen LogP contribution in [0.4, 0.5) is 0 Å². The summed E-state index contributed by atoms with van der Waals surface area (Å²) >= 11 is 0. The second kappa shape index (κ2) is 7.46. The molecule has 0 bridgehead atoms. The maximum absolute atomic E-state index is 5.64. The van der Waals surface area contributed by atoms with E-state index in [1.165, 1.54) is 56.9 Å². The number of benzene rings is 1. The van der Waals surface area contributed by atoms with Crippen LogP contribution in [0, 0.1) is 0 Å². The number of nitrogens with zero attached hydrogens (tertiary/aromatic N) is 5. The van der Waals surface area contributed by atoms with Gasteiger partial charge in [0, 0.05) is 0 Å². The fourth-order valence-electron chi connectivity index (χ4n) is 4.75. The van der Waals surface area contributed by atoms with Crippen LogP contribution in [0.3, 0.4) is 0 Å². The minimum Gasteiger partial charge on any atom is -0.454 e. The molecule has 1 aromatic heterocycles. The number of hydrogen-bond donors (Lipinski definition) is 0. The minimum absolute atomic E-state index is 0.0664. The molecule has 2 aromatic rings. The number of hydrogen-bond acceptors (Lipinski definition) is 6. The van der Waals surface area contributed by atoms with Crippen LogP contribution in [0.25, 0.3) is 0 Å². The lowest BCUT2D eigenvalue weighted by atomic mass is 9.94. The van der Waals surface area contributed by atoms with E-state index in [9.17, 15) is 0 Å². The number of fused-ring (bicyclic) bond motifs is 1. The van der Waals surface area contributed by atoms with Gasteiger partial charge in [-0.3, -0.25) is 4.90 Å². The van der Waals surface area contributed by atoms with E-state index >= 15 is 0 Å². The third kappa shape index (κ3) is 3.29. The largest absolute Gasteiger partial charge is 0.454 e. The summed E-state index contributed by atoms with van der Waals surface area (Å²) in [5.74, 6) is 2.62. The fourth-order valence-corrected chi connectivity index (χ4v) is 4.75. The van der Waals surface area contributed by atoms with Gasteiger partial charge < -0.3 is 9.47 Å². The number of tetrazole rings is 1. The first kappa shape index (κ1) is 17.0. The van der Waals surface area contributed by atoms with E-state index in [4.69, 9.17) is 9.47 Å². The molecule has 2 fully saturated rings. The van der Waals surface area contributed by atoms with Crippen molar-refractivity contribution in [1.82, 2.24) is 25.1 Å². The quantitative estimate of drug-likeness (QED) is 0.822. The van der Waals surface area contributed by atoms with Crippen molar-refractivity contribution in [1.29, 1.82) is 0 Å². The Labute approximate surface area is 159 Å². The highest BCUT2D eigenvalue weighted by atomic mass is 16.7. The van der Waals surface area contributed by atoms with Gasteiger partial charge in [0.25, 0.3) is 0 Å². The van der Waals surface area contributed by atoms with Crippen molar-refractivity contribution < 1.29 is 9.47 Å². The van der Waals surface area contributed by atoms with Crippen molar-refractivity contribution in [3.63, 3.8) is 0 Å². The first-order chi connectivity index (χ1) is 13.4. The molecule has 1 atom stereocenters. The van der Waals surface area contributed by atoms with E-state index in [1.807, 2.05) is 6.07 Å².